The van der Waals surface area contributed by atoms with Crippen molar-refractivity contribution in [3.8, 4) is 0 Å². The summed E-state index contributed by atoms with van der Waals surface area (Å²) in [4.78, 5) is 17.0. The lowest BCUT2D eigenvalue weighted by atomic mass is 10.1. The molecule has 1 fully saturated rings. The van der Waals surface area contributed by atoms with E-state index in [0.29, 0.717) is 21.5 Å². The lowest BCUT2D eigenvalue weighted by Crippen LogP contribution is -2.16. The number of benzene rings is 1. The number of aromatic nitrogens is 5. The second-order valence-corrected chi connectivity index (χ2v) is 8.62. The maximum Gasteiger partial charge on any atom is 0.433 e. The van der Waals surface area contributed by atoms with Crippen molar-refractivity contribution in [1.29, 1.82) is 0 Å². The Morgan fingerprint density at radius 3 is 2.44 bits per heavy atom. The number of amides is 1. The van der Waals surface area contributed by atoms with Crippen molar-refractivity contribution in [3.05, 3.63) is 76.4 Å². The Kier molecular flexibility index (Phi) is 5.52. The molecule has 4 aromatic rings. The smallest absolute Gasteiger partial charge is 0.304 e. The topological polar surface area (TPSA) is 77.1 Å². The molecule has 0 atom stereocenters. The van der Waals surface area contributed by atoms with E-state index < -0.39 is 29.5 Å². The van der Waals surface area contributed by atoms with Gasteiger partial charge in [-0.25, -0.2) is 9.50 Å². The summed E-state index contributed by atoms with van der Waals surface area (Å²) in [5.41, 5.74) is -0.976. The number of nitrogens with one attached hydrogen (secondary N) is 1. The molecule has 0 spiro atoms. The van der Waals surface area contributed by atoms with E-state index in [1.54, 1.807) is 6.92 Å². The zero-order valence-electron chi connectivity index (χ0n) is 18.7. The predicted molar refractivity (Wildman–Crippen MR) is 115 cm³/mol. The van der Waals surface area contributed by atoms with Crippen molar-refractivity contribution < 1.29 is 31.1 Å². The van der Waals surface area contributed by atoms with E-state index in [0.717, 1.165) is 31.0 Å². The van der Waals surface area contributed by atoms with E-state index >= 15 is 0 Å². The number of carbonyl (C=O) groups is 1. The van der Waals surface area contributed by atoms with Crippen molar-refractivity contribution >= 4 is 17.4 Å². The minimum absolute atomic E-state index is 0.0167. The van der Waals surface area contributed by atoms with Crippen LogP contribution in [0.5, 0.6) is 0 Å². The molecule has 1 saturated carbocycles. The highest BCUT2D eigenvalue weighted by Crippen LogP contribution is 2.41. The van der Waals surface area contributed by atoms with Gasteiger partial charge in [0.25, 0.3) is 5.91 Å². The molecule has 1 aliphatic rings. The molecule has 1 N–H and O–H groups in total. The number of aryl methyl sites for hydroxylation is 1. The van der Waals surface area contributed by atoms with Gasteiger partial charge in [0.15, 0.2) is 17.2 Å². The number of carbonyl (C=O) groups excluding carboxylic acids is 1. The molecule has 36 heavy (non-hydrogen) atoms. The highest BCUT2D eigenvalue weighted by molar-refractivity contribution is 6.03. The van der Waals surface area contributed by atoms with Crippen LogP contribution in [-0.2, 0) is 18.9 Å². The summed E-state index contributed by atoms with van der Waals surface area (Å²) >= 11 is 0. The van der Waals surface area contributed by atoms with Gasteiger partial charge < -0.3 is 5.32 Å². The monoisotopic (exact) mass is 508 g/mol. The molecule has 13 heteroatoms. The first-order valence-corrected chi connectivity index (χ1v) is 10.9. The molecular weight excluding hydrogens is 490 g/mol. The molecule has 5 rings (SSSR count). The Bertz CT molecular complexity index is 1460. The van der Waals surface area contributed by atoms with Crippen LogP contribution < -0.4 is 5.32 Å². The number of alkyl halides is 6. The van der Waals surface area contributed by atoms with Gasteiger partial charge in [0.2, 0.25) is 0 Å². The van der Waals surface area contributed by atoms with Crippen LogP contribution in [0.1, 0.15) is 57.5 Å². The molecule has 0 unspecified atom stereocenters. The standard InChI is InChI=1S/C23H18F6N6O/c1-12-7-19(33-34(12)11-13-3-2-4-15(8-13)22(24,25)26)31-21(36)17-10-20-30-16(14-5-6-14)9-18(23(27,28)29)35(20)32-17/h2-4,7-10,14H,5-6,11H2,1H3,(H,31,33,36). The van der Waals surface area contributed by atoms with Crippen molar-refractivity contribution in [2.45, 2.75) is 44.6 Å². The third-order valence-electron chi connectivity index (χ3n) is 5.78. The summed E-state index contributed by atoms with van der Waals surface area (Å²) < 4.78 is 81.7. The summed E-state index contributed by atoms with van der Waals surface area (Å²) in [5, 5.41) is 10.5. The Labute approximate surface area is 199 Å². The van der Waals surface area contributed by atoms with E-state index in [9.17, 15) is 31.1 Å². The molecule has 1 amide bonds. The maximum absolute atomic E-state index is 13.6. The molecule has 188 valence electrons. The number of hydrogen-bond acceptors (Lipinski definition) is 4. The van der Waals surface area contributed by atoms with Crippen LogP contribution in [-0.4, -0.2) is 30.3 Å². The Hall–Kier alpha value is -3.90. The highest BCUT2D eigenvalue weighted by atomic mass is 19.4. The second-order valence-electron chi connectivity index (χ2n) is 8.62. The number of hydrogen-bond donors (Lipinski definition) is 1. The van der Waals surface area contributed by atoms with Crippen LogP contribution in [0.15, 0.2) is 42.5 Å². The molecule has 0 bridgehead atoms. The molecule has 0 radical (unpaired) electrons. The summed E-state index contributed by atoms with van der Waals surface area (Å²) in [6.07, 6.45) is -7.67. The molecule has 1 aromatic carbocycles. The van der Waals surface area contributed by atoms with E-state index in [2.05, 4.69) is 20.5 Å². The first-order chi connectivity index (χ1) is 16.9. The summed E-state index contributed by atoms with van der Waals surface area (Å²) in [6.45, 7) is 1.67. The average Bonchev–Trinajstić information content (AvgIpc) is 3.46. The van der Waals surface area contributed by atoms with Gasteiger partial charge in [-0.3, -0.25) is 9.48 Å². The van der Waals surface area contributed by atoms with E-state index in [4.69, 9.17) is 0 Å². The van der Waals surface area contributed by atoms with Gasteiger partial charge in [-0.15, -0.1) is 0 Å². The summed E-state index contributed by atoms with van der Waals surface area (Å²) in [7, 11) is 0. The van der Waals surface area contributed by atoms with Crippen LogP contribution in [0.3, 0.4) is 0 Å². The molecule has 0 saturated heterocycles. The average molecular weight is 508 g/mol. The fraction of sp³-hybridized carbons (Fsp3) is 0.304. The lowest BCUT2D eigenvalue weighted by Gasteiger charge is -2.10. The number of anilines is 1. The predicted octanol–water partition coefficient (Wildman–Crippen LogP) is 5.45. The number of rotatable bonds is 5. The molecule has 3 aromatic heterocycles. The van der Waals surface area contributed by atoms with Crippen molar-refractivity contribution in [2.24, 2.45) is 0 Å². The van der Waals surface area contributed by atoms with Gasteiger partial charge in [-0.05, 0) is 43.5 Å². The lowest BCUT2D eigenvalue weighted by molar-refractivity contribution is -0.142. The van der Waals surface area contributed by atoms with Crippen LogP contribution >= 0.6 is 0 Å². The molecular formula is C23H18F6N6O. The fourth-order valence-electron chi connectivity index (χ4n) is 3.83. The fourth-order valence-corrected chi connectivity index (χ4v) is 3.83. The highest BCUT2D eigenvalue weighted by Gasteiger charge is 2.37. The third-order valence-corrected chi connectivity index (χ3v) is 5.78. The summed E-state index contributed by atoms with van der Waals surface area (Å²) in [5.74, 6) is -0.762. The van der Waals surface area contributed by atoms with Crippen LogP contribution in [0.25, 0.3) is 5.65 Å². The van der Waals surface area contributed by atoms with Gasteiger partial charge in [0.1, 0.15) is 5.69 Å². The van der Waals surface area contributed by atoms with Crippen LogP contribution in [0.2, 0.25) is 0 Å². The number of halogens is 6. The van der Waals surface area contributed by atoms with E-state index in [-0.39, 0.29) is 29.6 Å². The molecule has 3 heterocycles. The minimum atomic E-state index is -4.69. The Balaban J connectivity index is 1.38. The normalized spacial score (nSPS) is 14.4. The van der Waals surface area contributed by atoms with Gasteiger partial charge in [-0.2, -0.15) is 36.5 Å². The number of nitrogens with zero attached hydrogens (tertiary/aromatic N) is 5. The first kappa shape index (κ1) is 23.8. The Morgan fingerprint density at radius 2 is 1.78 bits per heavy atom. The minimum Gasteiger partial charge on any atom is -0.304 e. The third kappa shape index (κ3) is 4.77. The van der Waals surface area contributed by atoms with Gasteiger partial charge in [0, 0.05) is 29.4 Å². The van der Waals surface area contributed by atoms with Crippen molar-refractivity contribution in [2.75, 3.05) is 5.32 Å². The van der Waals surface area contributed by atoms with Gasteiger partial charge in [0.05, 0.1) is 12.1 Å². The van der Waals surface area contributed by atoms with E-state index in [1.165, 1.54) is 28.9 Å². The number of fused-ring (bicyclic) bond motifs is 1. The van der Waals surface area contributed by atoms with Crippen LogP contribution in [0, 0.1) is 6.92 Å². The zero-order valence-corrected chi connectivity index (χ0v) is 18.7. The first-order valence-electron chi connectivity index (χ1n) is 10.9. The zero-order chi connectivity index (χ0) is 25.8. The second kappa shape index (κ2) is 8.35. The maximum atomic E-state index is 13.6. The van der Waals surface area contributed by atoms with Crippen molar-refractivity contribution in [3.63, 3.8) is 0 Å². The summed E-state index contributed by atoms with van der Waals surface area (Å²) in [6, 6.07) is 8.41. The van der Waals surface area contributed by atoms with E-state index in [1.807, 2.05) is 0 Å². The quantitative estimate of drug-likeness (QED) is 0.364. The molecule has 0 aliphatic heterocycles. The molecule has 7 nitrogen and oxygen atoms in total. The molecule has 1 aliphatic carbocycles. The van der Waals surface area contributed by atoms with Gasteiger partial charge in [-0.1, -0.05) is 12.1 Å². The van der Waals surface area contributed by atoms with Crippen LogP contribution in [0.4, 0.5) is 32.2 Å². The van der Waals surface area contributed by atoms with Gasteiger partial charge >= 0.3 is 12.4 Å². The largest absolute Gasteiger partial charge is 0.433 e. The Morgan fingerprint density at radius 1 is 1.03 bits per heavy atom. The van der Waals surface area contributed by atoms with Crippen molar-refractivity contribution in [1.82, 2.24) is 24.4 Å². The SMILES string of the molecule is Cc1cc(NC(=O)c2cc3nc(C4CC4)cc(C(F)(F)F)n3n2)nn1Cc1cccc(C(F)(F)F)c1.